The fraction of sp³-hybridized carbons (Fsp3) is 0.107. The van der Waals surface area contributed by atoms with Gasteiger partial charge in [0.2, 0.25) is 5.89 Å². The van der Waals surface area contributed by atoms with E-state index in [1.807, 2.05) is 30.5 Å². The zero-order valence-electron chi connectivity index (χ0n) is 18.8. The molecule has 176 valence electrons. The number of fused-ring (bicyclic) bond motifs is 1. The Morgan fingerprint density at radius 3 is 2.37 bits per heavy atom. The molecule has 0 radical (unpaired) electrons. The van der Waals surface area contributed by atoms with E-state index in [4.69, 9.17) is 9.15 Å². The van der Waals surface area contributed by atoms with E-state index < -0.39 is 11.7 Å². The van der Waals surface area contributed by atoms with Crippen molar-refractivity contribution in [1.82, 2.24) is 9.55 Å². The molecule has 0 saturated heterocycles. The third-order valence-corrected chi connectivity index (χ3v) is 5.75. The minimum atomic E-state index is -4.35. The zero-order chi connectivity index (χ0) is 24.4. The highest BCUT2D eigenvalue weighted by Crippen LogP contribution is 2.30. The molecular formula is C28H21F3N2O2. The van der Waals surface area contributed by atoms with E-state index in [0.29, 0.717) is 18.0 Å². The highest BCUT2D eigenvalue weighted by molar-refractivity contribution is 5.85. The number of hydrogen-bond acceptors (Lipinski definition) is 3. The number of halogens is 3. The minimum absolute atomic E-state index is 0.387. The first-order valence-electron chi connectivity index (χ1n) is 10.9. The summed E-state index contributed by atoms with van der Waals surface area (Å²) in [5.74, 6) is 1.21. The van der Waals surface area contributed by atoms with Crippen LogP contribution in [-0.4, -0.2) is 16.7 Å². The lowest BCUT2D eigenvalue weighted by molar-refractivity contribution is -0.137. The van der Waals surface area contributed by atoms with Crippen LogP contribution in [0, 0.1) is 0 Å². The average molecular weight is 474 g/mol. The Morgan fingerprint density at radius 1 is 0.914 bits per heavy atom. The van der Waals surface area contributed by atoms with E-state index in [9.17, 15) is 13.2 Å². The Balaban J connectivity index is 1.29. The molecule has 3 aromatic carbocycles. The molecule has 4 nitrogen and oxygen atoms in total. The molecule has 0 saturated carbocycles. The first-order chi connectivity index (χ1) is 16.9. The number of methoxy groups -OCH3 is 1. The van der Waals surface area contributed by atoms with Crippen molar-refractivity contribution in [2.24, 2.45) is 0 Å². The molecule has 2 aromatic heterocycles. The summed E-state index contributed by atoms with van der Waals surface area (Å²) in [5, 5.41) is 1.12. The van der Waals surface area contributed by atoms with Crippen LogP contribution in [0.3, 0.4) is 0 Å². The molecule has 0 unspecified atom stereocenters. The summed E-state index contributed by atoms with van der Waals surface area (Å²) < 4.78 is 50.9. The number of nitrogens with zero attached hydrogens (tertiary/aromatic N) is 2. The molecular weight excluding hydrogens is 453 g/mol. The van der Waals surface area contributed by atoms with E-state index in [2.05, 4.69) is 33.8 Å². The number of alkyl halides is 3. The van der Waals surface area contributed by atoms with E-state index in [-0.39, 0.29) is 0 Å². The normalized spacial score (nSPS) is 12.0. The van der Waals surface area contributed by atoms with Crippen LogP contribution in [0.15, 0.2) is 89.7 Å². The van der Waals surface area contributed by atoms with Crippen molar-refractivity contribution < 1.29 is 22.3 Å². The number of aromatic nitrogens is 2. The second-order valence-corrected chi connectivity index (χ2v) is 8.08. The van der Waals surface area contributed by atoms with E-state index >= 15 is 0 Å². The van der Waals surface area contributed by atoms with Gasteiger partial charge in [-0.25, -0.2) is 4.98 Å². The maximum atomic E-state index is 12.7. The number of benzene rings is 3. The molecule has 0 amide bonds. The Kier molecular flexibility index (Phi) is 5.91. The van der Waals surface area contributed by atoms with Crippen LogP contribution in [0.2, 0.25) is 0 Å². The Bertz CT molecular complexity index is 1480. The van der Waals surface area contributed by atoms with Crippen molar-refractivity contribution in [3.05, 3.63) is 108 Å². The van der Waals surface area contributed by atoms with Crippen LogP contribution in [-0.2, 0) is 12.7 Å². The molecule has 0 N–H and O–H groups in total. The predicted molar refractivity (Wildman–Crippen MR) is 130 cm³/mol. The number of rotatable bonds is 6. The molecule has 0 fully saturated rings. The van der Waals surface area contributed by atoms with Gasteiger partial charge >= 0.3 is 6.18 Å². The first kappa shape index (κ1) is 22.5. The summed E-state index contributed by atoms with van der Waals surface area (Å²) in [6.45, 7) is 0.531. The summed E-state index contributed by atoms with van der Waals surface area (Å²) in [4.78, 5) is 4.48. The van der Waals surface area contributed by atoms with Crippen LogP contribution in [0.1, 0.15) is 22.7 Å². The average Bonchev–Trinajstić information content (AvgIpc) is 3.49. The monoisotopic (exact) mass is 474 g/mol. The molecule has 0 aliphatic rings. The van der Waals surface area contributed by atoms with Gasteiger partial charge in [-0.15, -0.1) is 0 Å². The fourth-order valence-corrected chi connectivity index (χ4v) is 3.90. The van der Waals surface area contributed by atoms with Crippen LogP contribution in [0.5, 0.6) is 5.75 Å². The van der Waals surface area contributed by atoms with Gasteiger partial charge in [-0.3, -0.25) is 0 Å². The topological polar surface area (TPSA) is 40.2 Å². The lowest BCUT2D eigenvalue weighted by Crippen LogP contribution is -2.03. The maximum Gasteiger partial charge on any atom is 0.416 e. The Labute approximate surface area is 199 Å². The van der Waals surface area contributed by atoms with Crippen LogP contribution < -0.4 is 4.74 Å². The van der Waals surface area contributed by atoms with Crippen LogP contribution in [0.25, 0.3) is 34.2 Å². The molecule has 5 aromatic rings. The van der Waals surface area contributed by atoms with Gasteiger partial charge in [0.1, 0.15) is 12.0 Å². The lowest BCUT2D eigenvalue weighted by atomic mass is 10.0. The van der Waals surface area contributed by atoms with Gasteiger partial charge in [0.25, 0.3) is 0 Å². The number of hydrogen-bond donors (Lipinski definition) is 0. The van der Waals surface area contributed by atoms with Gasteiger partial charge in [0.05, 0.1) is 24.9 Å². The van der Waals surface area contributed by atoms with E-state index in [0.717, 1.165) is 45.6 Å². The van der Waals surface area contributed by atoms with Gasteiger partial charge in [0.15, 0.2) is 0 Å². The lowest BCUT2D eigenvalue weighted by Gasteiger charge is -2.06. The van der Waals surface area contributed by atoms with E-state index in [1.54, 1.807) is 25.5 Å². The second kappa shape index (κ2) is 9.18. The van der Waals surface area contributed by atoms with Gasteiger partial charge in [-0.1, -0.05) is 30.3 Å². The van der Waals surface area contributed by atoms with Crippen LogP contribution in [0.4, 0.5) is 13.2 Å². The van der Waals surface area contributed by atoms with Gasteiger partial charge in [-0.2, -0.15) is 13.2 Å². The molecule has 2 heterocycles. The quantitative estimate of drug-likeness (QED) is 0.255. The van der Waals surface area contributed by atoms with Gasteiger partial charge < -0.3 is 13.7 Å². The van der Waals surface area contributed by atoms with Crippen molar-refractivity contribution in [3.8, 4) is 16.9 Å². The van der Waals surface area contributed by atoms with Crippen molar-refractivity contribution in [1.29, 1.82) is 0 Å². The predicted octanol–water partition coefficient (Wildman–Crippen LogP) is 7.54. The summed E-state index contributed by atoms with van der Waals surface area (Å²) in [6.07, 6.45) is 2.56. The van der Waals surface area contributed by atoms with Gasteiger partial charge in [-0.05, 0) is 65.2 Å². The first-order valence-corrected chi connectivity index (χ1v) is 10.9. The molecule has 7 heteroatoms. The zero-order valence-corrected chi connectivity index (χ0v) is 18.8. The number of ether oxygens (including phenoxy) is 1. The Morgan fingerprint density at radius 2 is 1.66 bits per heavy atom. The largest absolute Gasteiger partial charge is 0.497 e. The molecule has 0 atom stereocenters. The minimum Gasteiger partial charge on any atom is -0.497 e. The highest BCUT2D eigenvalue weighted by Gasteiger charge is 2.29. The van der Waals surface area contributed by atoms with Crippen molar-refractivity contribution in [2.45, 2.75) is 12.7 Å². The van der Waals surface area contributed by atoms with E-state index in [1.165, 1.54) is 12.1 Å². The molecule has 0 bridgehead atoms. The summed E-state index contributed by atoms with van der Waals surface area (Å²) in [6, 6.07) is 21.3. The van der Waals surface area contributed by atoms with Crippen molar-refractivity contribution >= 4 is 23.1 Å². The summed E-state index contributed by atoms with van der Waals surface area (Å²) in [7, 11) is 1.65. The van der Waals surface area contributed by atoms with Gasteiger partial charge in [0, 0.05) is 23.2 Å². The summed E-state index contributed by atoms with van der Waals surface area (Å²) >= 11 is 0. The molecule has 35 heavy (non-hydrogen) atoms. The second-order valence-electron chi connectivity index (χ2n) is 8.08. The molecule has 0 aliphatic heterocycles. The molecule has 5 rings (SSSR count). The Hall–Kier alpha value is -4.26. The SMILES string of the molecule is COc1ccc(-c2ccc3c(ccn3Cc3coc(/C=C/c4ccc(C(F)(F)F)cc4)n3)c2)cc1. The maximum absolute atomic E-state index is 12.7. The standard InChI is InChI=1S/C28H21F3N2O2/c1-34-25-10-5-20(6-11-25)21-7-12-26-22(16-21)14-15-33(26)17-24-18-35-27(32-24)13-4-19-2-8-23(9-3-19)28(29,30)31/h2-16,18H,17H2,1H3/b13-4+. The van der Waals surface area contributed by atoms with Crippen molar-refractivity contribution in [2.75, 3.05) is 7.11 Å². The number of oxazole rings is 1. The van der Waals surface area contributed by atoms with Crippen LogP contribution >= 0.6 is 0 Å². The third-order valence-electron chi connectivity index (χ3n) is 5.75. The smallest absolute Gasteiger partial charge is 0.416 e. The van der Waals surface area contributed by atoms with Crippen molar-refractivity contribution in [3.63, 3.8) is 0 Å². The fourth-order valence-electron chi connectivity index (χ4n) is 3.90. The third kappa shape index (κ3) is 4.99. The summed E-state index contributed by atoms with van der Waals surface area (Å²) in [5.41, 5.74) is 4.00. The molecule has 0 spiro atoms. The highest BCUT2D eigenvalue weighted by atomic mass is 19.4. The molecule has 0 aliphatic carbocycles.